The van der Waals surface area contributed by atoms with Crippen molar-refractivity contribution >= 4 is 17.7 Å². The Balaban J connectivity index is 2.35. The number of phenols is 1. The lowest BCUT2D eigenvalue weighted by Gasteiger charge is -2.06. The molecule has 0 fully saturated rings. The molecule has 0 aliphatic rings. The van der Waals surface area contributed by atoms with Gasteiger partial charge in [0.1, 0.15) is 11.8 Å². The fraction of sp³-hybridized carbons (Fsp3) is 0.300. The summed E-state index contributed by atoms with van der Waals surface area (Å²) in [6.45, 7) is 0. The topological polar surface area (TPSA) is 83.5 Å². The van der Waals surface area contributed by atoms with E-state index in [-0.39, 0.29) is 5.75 Å². The molecule has 0 bridgehead atoms. The molecule has 0 spiro atoms. The fourth-order valence-corrected chi connectivity index (χ4v) is 1.95. The molecule has 0 unspecified atom stereocenters. The van der Waals surface area contributed by atoms with Crippen molar-refractivity contribution in [3.63, 3.8) is 0 Å². The third-order valence-corrected chi connectivity index (χ3v) is 2.93. The monoisotopic (exact) mass is 227 g/mol. The van der Waals surface area contributed by atoms with Crippen molar-refractivity contribution in [3.05, 3.63) is 29.8 Å². The summed E-state index contributed by atoms with van der Waals surface area (Å²) in [5, 5.41) is 17.7. The minimum absolute atomic E-state index is 0.218. The lowest BCUT2D eigenvalue weighted by Crippen LogP contribution is -2.32. The van der Waals surface area contributed by atoms with E-state index in [0.717, 1.165) is 5.56 Å². The van der Waals surface area contributed by atoms with Crippen LogP contribution in [0.4, 0.5) is 0 Å². The number of rotatable bonds is 5. The molecule has 5 heteroatoms. The maximum Gasteiger partial charge on any atom is 0.321 e. The summed E-state index contributed by atoms with van der Waals surface area (Å²) in [6, 6.07) is 6.05. The van der Waals surface area contributed by atoms with E-state index < -0.39 is 12.0 Å². The number of nitrogens with two attached hydrogens (primary N) is 1. The van der Waals surface area contributed by atoms with Gasteiger partial charge >= 0.3 is 5.97 Å². The number of carbonyl (C=O) groups is 1. The van der Waals surface area contributed by atoms with Crippen LogP contribution in [0.2, 0.25) is 0 Å². The molecule has 4 nitrogen and oxygen atoms in total. The normalized spacial score (nSPS) is 12.3. The van der Waals surface area contributed by atoms with E-state index >= 15 is 0 Å². The molecular formula is C10H13NO3S. The first-order valence-electron chi connectivity index (χ1n) is 4.43. The molecule has 0 heterocycles. The highest BCUT2D eigenvalue weighted by molar-refractivity contribution is 7.98. The van der Waals surface area contributed by atoms with Crippen molar-refractivity contribution in [2.75, 3.05) is 5.75 Å². The van der Waals surface area contributed by atoms with Gasteiger partial charge in [0.25, 0.3) is 0 Å². The molecular weight excluding hydrogens is 214 g/mol. The van der Waals surface area contributed by atoms with Crippen molar-refractivity contribution in [2.24, 2.45) is 5.73 Å². The van der Waals surface area contributed by atoms with Crippen molar-refractivity contribution in [1.82, 2.24) is 0 Å². The summed E-state index contributed by atoms with van der Waals surface area (Å²) in [6.07, 6.45) is 0. The summed E-state index contributed by atoms with van der Waals surface area (Å²) < 4.78 is 0. The van der Waals surface area contributed by atoms with E-state index in [2.05, 4.69) is 0 Å². The molecule has 0 saturated carbocycles. The molecule has 0 saturated heterocycles. The van der Waals surface area contributed by atoms with Gasteiger partial charge in [-0.15, -0.1) is 0 Å². The number of hydrogen-bond donors (Lipinski definition) is 3. The van der Waals surface area contributed by atoms with Gasteiger partial charge in [-0.05, 0) is 17.7 Å². The number of aromatic hydroxyl groups is 1. The van der Waals surface area contributed by atoms with E-state index in [4.69, 9.17) is 10.8 Å². The van der Waals surface area contributed by atoms with Gasteiger partial charge in [0, 0.05) is 11.5 Å². The molecule has 0 aromatic heterocycles. The number of phenolic OH excluding ortho intramolecular Hbond substituents is 1. The van der Waals surface area contributed by atoms with Crippen LogP contribution >= 0.6 is 11.8 Å². The van der Waals surface area contributed by atoms with Crippen LogP contribution in [0, 0.1) is 0 Å². The summed E-state index contributed by atoms with van der Waals surface area (Å²) in [4.78, 5) is 10.4. The van der Waals surface area contributed by atoms with Crippen LogP contribution in [-0.4, -0.2) is 28.0 Å². The molecule has 0 aliphatic heterocycles. The molecule has 0 aliphatic carbocycles. The van der Waals surface area contributed by atoms with Gasteiger partial charge in [-0.3, -0.25) is 4.79 Å². The highest BCUT2D eigenvalue weighted by Crippen LogP contribution is 2.17. The first kappa shape index (κ1) is 11.9. The molecule has 82 valence electrons. The Morgan fingerprint density at radius 3 is 2.87 bits per heavy atom. The molecule has 0 amide bonds. The number of thioether (sulfide) groups is 1. The molecule has 4 N–H and O–H groups in total. The Labute approximate surface area is 92.1 Å². The van der Waals surface area contributed by atoms with E-state index in [1.807, 2.05) is 6.07 Å². The third kappa shape index (κ3) is 4.22. The standard InChI is InChI=1S/C10H13NO3S/c11-9(10(13)14)6-15-5-7-2-1-3-8(12)4-7/h1-4,9,12H,5-6,11H2,(H,13,14)/t9-/m0/s1. The summed E-state index contributed by atoms with van der Waals surface area (Å²) in [7, 11) is 0. The smallest absolute Gasteiger partial charge is 0.321 e. The minimum Gasteiger partial charge on any atom is -0.508 e. The Hall–Kier alpha value is -1.20. The number of hydrogen-bond acceptors (Lipinski definition) is 4. The summed E-state index contributed by atoms with van der Waals surface area (Å²) in [5.41, 5.74) is 6.30. The molecule has 1 rings (SSSR count). The first-order chi connectivity index (χ1) is 7.09. The van der Waals surface area contributed by atoms with E-state index in [1.54, 1.807) is 18.2 Å². The molecule has 1 aromatic rings. The second-order valence-electron chi connectivity index (χ2n) is 3.13. The van der Waals surface area contributed by atoms with Crippen LogP contribution in [0.15, 0.2) is 24.3 Å². The van der Waals surface area contributed by atoms with E-state index in [1.165, 1.54) is 11.8 Å². The average molecular weight is 227 g/mol. The van der Waals surface area contributed by atoms with Gasteiger partial charge in [-0.1, -0.05) is 12.1 Å². The molecule has 0 radical (unpaired) electrons. The SMILES string of the molecule is N[C@@H](CSCc1cccc(O)c1)C(=O)O. The number of carboxylic acid groups (broad SMARTS) is 1. The van der Waals surface area contributed by atoms with Crippen LogP contribution in [0.25, 0.3) is 0 Å². The third-order valence-electron chi connectivity index (χ3n) is 1.79. The zero-order chi connectivity index (χ0) is 11.3. The van der Waals surface area contributed by atoms with Crippen LogP contribution in [-0.2, 0) is 10.5 Å². The highest BCUT2D eigenvalue weighted by atomic mass is 32.2. The Morgan fingerprint density at radius 1 is 1.53 bits per heavy atom. The van der Waals surface area contributed by atoms with E-state index in [0.29, 0.717) is 11.5 Å². The zero-order valence-electron chi connectivity index (χ0n) is 8.09. The molecule has 1 aromatic carbocycles. The van der Waals surface area contributed by atoms with Gasteiger partial charge in [0.2, 0.25) is 0 Å². The predicted molar refractivity (Wildman–Crippen MR) is 59.9 cm³/mol. The highest BCUT2D eigenvalue weighted by Gasteiger charge is 2.10. The van der Waals surface area contributed by atoms with Gasteiger partial charge in [0.15, 0.2) is 0 Å². The van der Waals surface area contributed by atoms with Crippen molar-refractivity contribution in [3.8, 4) is 5.75 Å². The lowest BCUT2D eigenvalue weighted by molar-refractivity contribution is -0.137. The van der Waals surface area contributed by atoms with Gasteiger partial charge < -0.3 is 15.9 Å². The quantitative estimate of drug-likeness (QED) is 0.700. The predicted octanol–water partition coefficient (Wildman–Crippen LogP) is 1.04. The minimum atomic E-state index is -0.988. The summed E-state index contributed by atoms with van der Waals surface area (Å²) >= 11 is 1.43. The molecule has 1 atom stereocenters. The molecule has 15 heavy (non-hydrogen) atoms. The average Bonchev–Trinajstić information content (AvgIpc) is 2.17. The van der Waals surface area contributed by atoms with E-state index in [9.17, 15) is 9.90 Å². The first-order valence-corrected chi connectivity index (χ1v) is 5.59. The maximum absolute atomic E-state index is 10.4. The van der Waals surface area contributed by atoms with Gasteiger partial charge in [-0.2, -0.15) is 11.8 Å². The van der Waals surface area contributed by atoms with Crippen LogP contribution < -0.4 is 5.73 Å². The van der Waals surface area contributed by atoms with Gasteiger partial charge in [-0.25, -0.2) is 0 Å². The van der Waals surface area contributed by atoms with Crippen LogP contribution in [0.1, 0.15) is 5.56 Å². The Bertz CT molecular complexity index is 343. The lowest BCUT2D eigenvalue weighted by atomic mass is 10.2. The zero-order valence-corrected chi connectivity index (χ0v) is 8.91. The fourth-order valence-electron chi connectivity index (χ4n) is 1.02. The Morgan fingerprint density at radius 2 is 2.27 bits per heavy atom. The second-order valence-corrected chi connectivity index (χ2v) is 4.16. The Kier molecular flexibility index (Phi) is 4.45. The number of benzene rings is 1. The van der Waals surface area contributed by atoms with Gasteiger partial charge in [0.05, 0.1) is 0 Å². The van der Waals surface area contributed by atoms with Crippen molar-refractivity contribution in [2.45, 2.75) is 11.8 Å². The van der Waals surface area contributed by atoms with Crippen LogP contribution in [0.3, 0.4) is 0 Å². The summed E-state index contributed by atoms with van der Waals surface area (Å²) in [5.74, 6) is 0.245. The maximum atomic E-state index is 10.4. The second kappa shape index (κ2) is 5.63. The number of carboxylic acids is 1. The largest absolute Gasteiger partial charge is 0.508 e. The van der Waals surface area contributed by atoms with Crippen LogP contribution in [0.5, 0.6) is 5.75 Å². The van der Waals surface area contributed by atoms with Crippen molar-refractivity contribution in [1.29, 1.82) is 0 Å². The van der Waals surface area contributed by atoms with Crippen molar-refractivity contribution < 1.29 is 15.0 Å². The number of aliphatic carboxylic acids is 1.